The van der Waals surface area contributed by atoms with Crippen LogP contribution in [0.2, 0.25) is 0 Å². The molecule has 1 aliphatic carbocycles. The second kappa shape index (κ2) is 6.50. The van der Waals surface area contributed by atoms with Gasteiger partial charge in [-0.2, -0.15) is 0 Å². The van der Waals surface area contributed by atoms with Crippen LogP contribution in [0.25, 0.3) is 0 Å². The first-order chi connectivity index (χ1) is 9.91. The third-order valence-electron chi connectivity index (χ3n) is 4.53. The van der Waals surface area contributed by atoms with Crippen molar-refractivity contribution >= 4 is 11.6 Å². The molecular formula is C18H28N2O. The van der Waals surface area contributed by atoms with Gasteiger partial charge in [0.15, 0.2) is 0 Å². The number of rotatable bonds is 4. The van der Waals surface area contributed by atoms with Crippen molar-refractivity contribution in [2.24, 2.45) is 11.3 Å². The van der Waals surface area contributed by atoms with Crippen LogP contribution in [0.3, 0.4) is 0 Å². The Hall–Kier alpha value is -1.51. The van der Waals surface area contributed by atoms with Gasteiger partial charge in [-0.1, -0.05) is 20.8 Å². The molecule has 2 unspecified atom stereocenters. The number of carbonyl (C=O) groups is 1. The van der Waals surface area contributed by atoms with Gasteiger partial charge in [-0.15, -0.1) is 0 Å². The minimum absolute atomic E-state index is 0.00293. The van der Waals surface area contributed by atoms with Gasteiger partial charge in [0, 0.05) is 23.8 Å². The smallest absolute Gasteiger partial charge is 0.251 e. The van der Waals surface area contributed by atoms with E-state index in [2.05, 4.69) is 31.4 Å². The summed E-state index contributed by atoms with van der Waals surface area (Å²) in [4.78, 5) is 11.7. The third kappa shape index (κ3) is 4.23. The van der Waals surface area contributed by atoms with E-state index in [1.54, 1.807) is 0 Å². The van der Waals surface area contributed by atoms with Gasteiger partial charge in [0.1, 0.15) is 0 Å². The highest BCUT2D eigenvalue weighted by Gasteiger charge is 2.32. The second-order valence-electron chi connectivity index (χ2n) is 7.07. The highest BCUT2D eigenvalue weighted by Crippen LogP contribution is 2.39. The molecule has 2 N–H and O–H groups in total. The largest absolute Gasteiger partial charge is 0.382 e. The summed E-state index contributed by atoms with van der Waals surface area (Å²) in [6, 6.07) is 8.34. The fourth-order valence-corrected chi connectivity index (χ4v) is 3.36. The highest BCUT2D eigenvalue weighted by molar-refractivity contribution is 5.94. The Morgan fingerprint density at radius 1 is 1.29 bits per heavy atom. The lowest BCUT2D eigenvalue weighted by atomic mass is 9.70. The van der Waals surface area contributed by atoms with Crippen LogP contribution in [0.4, 0.5) is 5.69 Å². The fraction of sp³-hybridized carbons (Fsp3) is 0.611. The summed E-state index contributed by atoms with van der Waals surface area (Å²) in [5.74, 6) is 0.675. The standard InChI is InChI=1S/C18H28N2O/c1-5-19-17(21)14-6-8-15(9-7-14)20-16-10-11-18(3,4)12-13(16)2/h6-9,13,16,20H,5,10-12H2,1-4H3,(H,19,21). The van der Waals surface area contributed by atoms with Gasteiger partial charge in [0.2, 0.25) is 0 Å². The average Bonchev–Trinajstić information content (AvgIpc) is 2.42. The lowest BCUT2D eigenvalue weighted by Crippen LogP contribution is -2.36. The molecule has 1 saturated carbocycles. The van der Waals surface area contributed by atoms with Crippen LogP contribution >= 0.6 is 0 Å². The molecule has 0 bridgehead atoms. The van der Waals surface area contributed by atoms with E-state index < -0.39 is 0 Å². The quantitative estimate of drug-likeness (QED) is 0.877. The molecule has 1 aromatic carbocycles. The normalized spacial score (nSPS) is 24.4. The van der Waals surface area contributed by atoms with Crippen molar-refractivity contribution in [2.45, 2.75) is 53.0 Å². The fourth-order valence-electron chi connectivity index (χ4n) is 3.36. The van der Waals surface area contributed by atoms with E-state index in [0.717, 1.165) is 11.3 Å². The van der Waals surface area contributed by atoms with E-state index in [1.807, 2.05) is 31.2 Å². The van der Waals surface area contributed by atoms with Gasteiger partial charge in [-0.25, -0.2) is 0 Å². The van der Waals surface area contributed by atoms with Gasteiger partial charge < -0.3 is 10.6 Å². The van der Waals surface area contributed by atoms with Crippen LogP contribution in [0.15, 0.2) is 24.3 Å². The van der Waals surface area contributed by atoms with Crippen molar-refractivity contribution in [2.75, 3.05) is 11.9 Å². The summed E-state index contributed by atoms with van der Waals surface area (Å²) in [6.07, 6.45) is 3.75. The van der Waals surface area contributed by atoms with Crippen LogP contribution in [-0.4, -0.2) is 18.5 Å². The summed E-state index contributed by atoms with van der Waals surface area (Å²) in [5, 5.41) is 6.45. The maximum Gasteiger partial charge on any atom is 0.251 e. The van der Waals surface area contributed by atoms with Gasteiger partial charge >= 0.3 is 0 Å². The van der Waals surface area contributed by atoms with Crippen molar-refractivity contribution in [3.05, 3.63) is 29.8 Å². The molecule has 1 aromatic rings. The molecular weight excluding hydrogens is 260 g/mol. The molecule has 0 saturated heterocycles. The Labute approximate surface area is 128 Å². The maximum atomic E-state index is 11.7. The molecule has 3 nitrogen and oxygen atoms in total. The first kappa shape index (κ1) is 15.9. The molecule has 1 amide bonds. The predicted octanol–water partition coefficient (Wildman–Crippen LogP) is 4.06. The summed E-state index contributed by atoms with van der Waals surface area (Å²) in [5.41, 5.74) is 2.31. The molecule has 0 aliphatic heterocycles. The van der Waals surface area contributed by atoms with E-state index in [1.165, 1.54) is 19.3 Å². The zero-order chi connectivity index (χ0) is 15.5. The Morgan fingerprint density at radius 2 is 1.95 bits per heavy atom. The zero-order valence-electron chi connectivity index (χ0n) is 13.7. The van der Waals surface area contributed by atoms with E-state index in [0.29, 0.717) is 23.9 Å². The van der Waals surface area contributed by atoms with Gasteiger partial charge in [-0.05, 0) is 61.8 Å². The molecule has 1 fully saturated rings. The number of carbonyl (C=O) groups excluding carboxylic acids is 1. The molecule has 21 heavy (non-hydrogen) atoms. The molecule has 2 atom stereocenters. The minimum atomic E-state index is -0.00293. The number of hydrogen-bond acceptors (Lipinski definition) is 2. The predicted molar refractivity (Wildman–Crippen MR) is 88.7 cm³/mol. The van der Waals surface area contributed by atoms with Gasteiger partial charge in [0.25, 0.3) is 5.91 Å². The minimum Gasteiger partial charge on any atom is -0.382 e. The molecule has 0 aromatic heterocycles. The summed E-state index contributed by atoms with van der Waals surface area (Å²) >= 11 is 0. The molecule has 116 valence electrons. The van der Waals surface area contributed by atoms with E-state index in [-0.39, 0.29) is 5.91 Å². The van der Waals surface area contributed by atoms with Crippen molar-refractivity contribution in [1.29, 1.82) is 0 Å². The van der Waals surface area contributed by atoms with Gasteiger partial charge in [0.05, 0.1) is 0 Å². The molecule has 0 spiro atoms. The first-order valence-electron chi connectivity index (χ1n) is 8.06. The monoisotopic (exact) mass is 288 g/mol. The van der Waals surface area contributed by atoms with Crippen molar-refractivity contribution in [3.8, 4) is 0 Å². The zero-order valence-corrected chi connectivity index (χ0v) is 13.7. The Morgan fingerprint density at radius 3 is 2.52 bits per heavy atom. The van der Waals surface area contributed by atoms with Crippen LogP contribution in [0.1, 0.15) is 57.3 Å². The summed E-state index contributed by atoms with van der Waals surface area (Å²) in [7, 11) is 0. The molecule has 1 aliphatic rings. The number of benzene rings is 1. The lowest BCUT2D eigenvalue weighted by Gasteiger charge is -2.40. The number of hydrogen-bond donors (Lipinski definition) is 2. The lowest BCUT2D eigenvalue weighted by molar-refractivity contribution is 0.0956. The van der Waals surface area contributed by atoms with Crippen LogP contribution in [0, 0.1) is 11.3 Å². The molecule has 0 heterocycles. The SMILES string of the molecule is CCNC(=O)c1ccc(NC2CCC(C)(C)CC2C)cc1. The van der Waals surface area contributed by atoms with Crippen LogP contribution in [-0.2, 0) is 0 Å². The van der Waals surface area contributed by atoms with E-state index in [9.17, 15) is 4.79 Å². The Balaban J connectivity index is 1.96. The van der Waals surface area contributed by atoms with Gasteiger partial charge in [-0.3, -0.25) is 4.79 Å². The molecule has 2 rings (SSSR count). The maximum absolute atomic E-state index is 11.7. The summed E-state index contributed by atoms with van der Waals surface area (Å²) < 4.78 is 0. The molecule has 0 radical (unpaired) electrons. The Kier molecular flexibility index (Phi) is 4.92. The topological polar surface area (TPSA) is 41.1 Å². The first-order valence-corrected chi connectivity index (χ1v) is 8.06. The van der Waals surface area contributed by atoms with Crippen molar-refractivity contribution < 1.29 is 4.79 Å². The average molecular weight is 288 g/mol. The van der Waals surface area contributed by atoms with E-state index >= 15 is 0 Å². The number of amides is 1. The van der Waals surface area contributed by atoms with Crippen molar-refractivity contribution in [1.82, 2.24) is 5.32 Å². The second-order valence-corrected chi connectivity index (χ2v) is 7.07. The number of anilines is 1. The Bertz CT molecular complexity index is 478. The number of nitrogens with one attached hydrogen (secondary N) is 2. The third-order valence-corrected chi connectivity index (χ3v) is 4.53. The van der Waals surface area contributed by atoms with Crippen molar-refractivity contribution in [3.63, 3.8) is 0 Å². The summed E-state index contributed by atoms with van der Waals surface area (Å²) in [6.45, 7) is 9.65. The van der Waals surface area contributed by atoms with Crippen LogP contribution < -0.4 is 10.6 Å². The van der Waals surface area contributed by atoms with Crippen LogP contribution in [0.5, 0.6) is 0 Å². The highest BCUT2D eigenvalue weighted by atomic mass is 16.1. The van der Waals surface area contributed by atoms with E-state index in [4.69, 9.17) is 0 Å². The molecule has 3 heteroatoms.